The second-order valence-electron chi connectivity index (χ2n) is 7.52. The summed E-state index contributed by atoms with van der Waals surface area (Å²) in [5.41, 5.74) is 1.11. The van der Waals surface area contributed by atoms with Crippen LogP contribution in [0.4, 0.5) is 10.2 Å². The van der Waals surface area contributed by atoms with Gasteiger partial charge in [0, 0.05) is 19.4 Å². The molecule has 0 bridgehead atoms. The molecular weight excluding hydrogens is 373 g/mol. The number of Topliss-reactive ketones (excluding diaryl/α,β-unsaturated/α-hetero) is 1. The molecule has 2 heterocycles. The zero-order valence-electron chi connectivity index (χ0n) is 17.2. The van der Waals surface area contributed by atoms with Gasteiger partial charge >= 0.3 is 0 Å². The Bertz CT molecular complexity index is 829. The van der Waals surface area contributed by atoms with Gasteiger partial charge in [0.25, 0.3) is 5.88 Å². The molecule has 156 valence electrons. The largest absolute Gasteiger partial charge is 0.489 e. The first-order chi connectivity index (χ1) is 14.0. The lowest BCUT2D eigenvalue weighted by Crippen LogP contribution is -2.26. The van der Waals surface area contributed by atoms with Gasteiger partial charge in [-0.1, -0.05) is 26.0 Å². The van der Waals surface area contributed by atoms with Gasteiger partial charge in [0.15, 0.2) is 5.82 Å². The van der Waals surface area contributed by atoms with Gasteiger partial charge in [-0.15, -0.1) is 0 Å². The van der Waals surface area contributed by atoms with E-state index in [1.807, 2.05) is 43.0 Å². The number of nitrogens with zero attached hydrogens (tertiary/aromatic N) is 3. The highest BCUT2D eigenvalue weighted by molar-refractivity contribution is 5.76. The molecule has 1 aromatic carbocycles. The van der Waals surface area contributed by atoms with Gasteiger partial charge in [-0.05, 0) is 37.0 Å². The Labute approximate surface area is 171 Å². The number of ether oxygens (including phenoxy) is 2. The van der Waals surface area contributed by atoms with Gasteiger partial charge in [0.05, 0.1) is 13.2 Å². The number of aromatic nitrogens is 2. The third-order valence-corrected chi connectivity index (χ3v) is 4.97. The molecule has 2 atom stereocenters. The van der Waals surface area contributed by atoms with E-state index in [-0.39, 0.29) is 29.5 Å². The molecule has 0 amide bonds. The smallest absolute Gasteiger partial charge is 0.255 e. The van der Waals surface area contributed by atoms with Crippen LogP contribution in [-0.4, -0.2) is 41.6 Å². The van der Waals surface area contributed by atoms with Crippen LogP contribution >= 0.6 is 0 Å². The van der Waals surface area contributed by atoms with E-state index in [1.165, 1.54) is 6.33 Å². The summed E-state index contributed by atoms with van der Waals surface area (Å²) >= 11 is 0. The van der Waals surface area contributed by atoms with Crippen molar-refractivity contribution >= 4 is 11.6 Å². The van der Waals surface area contributed by atoms with Crippen molar-refractivity contribution in [3.63, 3.8) is 0 Å². The minimum atomic E-state index is -0.523. The number of benzene rings is 1. The van der Waals surface area contributed by atoms with Crippen LogP contribution in [0.3, 0.4) is 0 Å². The fraction of sp³-hybridized carbons (Fsp3) is 0.500. The monoisotopic (exact) mass is 401 g/mol. The average molecular weight is 401 g/mol. The summed E-state index contributed by atoms with van der Waals surface area (Å²) in [5.74, 6) is 0.871. The molecule has 0 N–H and O–H groups in total. The van der Waals surface area contributed by atoms with E-state index in [0.29, 0.717) is 26.1 Å². The Hall–Kier alpha value is -2.70. The lowest BCUT2D eigenvalue weighted by Gasteiger charge is -2.19. The van der Waals surface area contributed by atoms with Gasteiger partial charge < -0.3 is 19.2 Å². The number of carbonyl (C=O) groups is 1. The first-order valence-electron chi connectivity index (χ1n) is 10.1. The zero-order valence-corrected chi connectivity index (χ0v) is 17.2. The number of anilines is 1. The zero-order chi connectivity index (χ0) is 20.8. The normalized spacial score (nSPS) is 17.2. The van der Waals surface area contributed by atoms with Crippen molar-refractivity contribution in [1.82, 2.24) is 9.97 Å². The van der Waals surface area contributed by atoms with Crippen LogP contribution in [0.15, 0.2) is 30.6 Å². The summed E-state index contributed by atoms with van der Waals surface area (Å²) in [4.78, 5) is 21.2. The van der Waals surface area contributed by atoms with E-state index in [0.717, 1.165) is 24.2 Å². The molecular formula is C22H28FN3O3. The number of halogens is 1. The number of hydrogen-bond acceptors (Lipinski definition) is 6. The van der Waals surface area contributed by atoms with Crippen LogP contribution in [0, 0.1) is 5.82 Å². The van der Waals surface area contributed by atoms with Crippen LogP contribution in [0.5, 0.6) is 11.6 Å². The molecule has 0 spiro atoms. The van der Waals surface area contributed by atoms with Gasteiger partial charge in [-0.3, -0.25) is 0 Å². The quantitative estimate of drug-likeness (QED) is 0.629. The van der Waals surface area contributed by atoms with Crippen molar-refractivity contribution in [2.24, 2.45) is 0 Å². The van der Waals surface area contributed by atoms with E-state index in [9.17, 15) is 9.18 Å². The Balaban J connectivity index is 1.60. The third-order valence-electron chi connectivity index (χ3n) is 4.97. The summed E-state index contributed by atoms with van der Waals surface area (Å²) in [6.07, 6.45) is 3.37. The SMILES string of the molecule is CCCOc1ncnc(N2CC[C@@H](Oc3ccc([C@H](C)CC(C)=O)cc3)C2)c1F. The molecule has 7 heteroatoms. The van der Waals surface area contributed by atoms with Gasteiger partial charge in [-0.25, -0.2) is 4.98 Å². The van der Waals surface area contributed by atoms with Gasteiger partial charge in [0.1, 0.15) is 24.0 Å². The minimum absolute atomic E-state index is 0.00325. The van der Waals surface area contributed by atoms with Crippen LogP contribution < -0.4 is 14.4 Å². The fourth-order valence-corrected chi connectivity index (χ4v) is 3.50. The Morgan fingerprint density at radius 3 is 2.76 bits per heavy atom. The molecule has 3 rings (SSSR count). The van der Waals surface area contributed by atoms with Crippen LogP contribution in [0.1, 0.15) is 51.5 Å². The number of ketones is 1. The van der Waals surface area contributed by atoms with E-state index < -0.39 is 5.82 Å². The van der Waals surface area contributed by atoms with Crippen molar-refractivity contribution in [2.75, 3.05) is 24.6 Å². The van der Waals surface area contributed by atoms with Crippen LogP contribution in [-0.2, 0) is 4.79 Å². The lowest BCUT2D eigenvalue weighted by molar-refractivity contribution is -0.117. The molecule has 29 heavy (non-hydrogen) atoms. The topological polar surface area (TPSA) is 64.6 Å². The maximum Gasteiger partial charge on any atom is 0.255 e. The maximum atomic E-state index is 14.7. The third kappa shape index (κ3) is 5.43. The van der Waals surface area contributed by atoms with Crippen molar-refractivity contribution in [2.45, 2.75) is 52.1 Å². The first kappa shape index (κ1) is 21.0. The number of rotatable bonds is 9. The van der Waals surface area contributed by atoms with Crippen LogP contribution in [0.25, 0.3) is 0 Å². The standard InChI is InChI=1S/C22H28FN3O3/c1-4-11-28-22-20(23)21(24-14-25-22)26-10-9-19(13-26)29-18-7-5-17(6-8-18)15(2)12-16(3)27/h5-8,14-15,19H,4,9-13H2,1-3H3/t15-,19-/m1/s1. The summed E-state index contributed by atoms with van der Waals surface area (Å²) in [6, 6.07) is 7.85. The molecule has 1 saturated heterocycles. The van der Waals surface area contributed by atoms with Crippen molar-refractivity contribution in [3.8, 4) is 11.6 Å². The first-order valence-corrected chi connectivity index (χ1v) is 10.1. The molecule has 1 aliphatic rings. The minimum Gasteiger partial charge on any atom is -0.489 e. The molecule has 6 nitrogen and oxygen atoms in total. The predicted molar refractivity (Wildman–Crippen MR) is 109 cm³/mol. The van der Waals surface area contributed by atoms with Crippen molar-refractivity contribution in [3.05, 3.63) is 42.0 Å². The summed E-state index contributed by atoms with van der Waals surface area (Å²) in [7, 11) is 0. The second kappa shape index (κ2) is 9.67. The van der Waals surface area contributed by atoms with Crippen LogP contribution in [0.2, 0.25) is 0 Å². The molecule has 0 unspecified atom stereocenters. The van der Waals surface area contributed by atoms with E-state index in [4.69, 9.17) is 9.47 Å². The van der Waals surface area contributed by atoms with Crippen molar-refractivity contribution in [1.29, 1.82) is 0 Å². The number of carbonyl (C=O) groups excluding carboxylic acids is 1. The summed E-state index contributed by atoms with van der Waals surface area (Å²) < 4.78 is 26.1. The summed E-state index contributed by atoms with van der Waals surface area (Å²) in [5, 5.41) is 0. The second-order valence-corrected chi connectivity index (χ2v) is 7.52. The fourth-order valence-electron chi connectivity index (χ4n) is 3.50. The Morgan fingerprint density at radius 1 is 1.31 bits per heavy atom. The lowest BCUT2D eigenvalue weighted by atomic mass is 9.96. The highest BCUT2D eigenvalue weighted by Crippen LogP contribution is 2.28. The number of hydrogen-bond donors (Lipinski definition) is 0. The Morgan fingerprint density at radius 2 is 2.07 bits per heavy atom. The van der Waals surface area contributed by atoms with E-state index in [1.54, 1.807) is 6.92 Å². The van der Waals surface area contributed by atoms with E-state index >= 15 is 0 Å². The molecule has 2 aromatic rings. The van der Waals surface area contributed by atoms with Gasteiger partial charge in [0.2, 0.25) is 5.82 Å². The summed E-state index contributed by atoms with van der Waals surface area (Å²) in [6.45, 7) is 7.22. The molecule has 0 radical (unpaired) electrons. The highest BCUT2D eigenvalue weighted by atomic mass is 19.1. The Kier molecular flexibility index (Phi) is 7.01. The van der Waals surface area contributed by atoms with Crippen molar-refractivity contribution < 1.29 is 18.7 Å². The maximum absolute atomic E-state index is 14.7. The molecule has 1 aromatic heterocycles. The molecule has 0 aliphatic carbocycles. The van der Waals surface area contributed by atoms with Gasteiger partial charge in [-0.2, -0.15) is 9.37 Å². The molecule has 1 aliphatic heterocycles. The molecule has 1 fully saturated rings. The molecule has 0 saturated carbocycles. The average Bonchev–Trinajstić information content (AvgIpc) is 3.15. The predicted octanol–water partition coefficient (Wildman–Crippen LogP) is 4.14. The highest BCUT2D eigenvalue weighted by Gasteiger charge is 2.28. The van der Waals surface area contributed by atoms with E-state index in [2.05, 4.69) is 9.97 Å².